The van der Waals surface area contributed by atoms with Gasteiger partial charge in [0.15, 0.2) is 0 Å². The summed E-state index contributed by atoms with van der Waals surface area (Å²) in [4.78, 5) is 18.8. The number of aromatic nitrogens is 3. The molecule has 26 heavy (non-hydrogen) atoms. The lowest BCUT2D eigenvalue weighted by atomic mass is 9.90. The number of pyridine rings is 1. The number of amides is 1. The van der Waals surface area contributed by atoms with Crippen LogP contribution >= 0.6 is 11.6 Å². The van der Waals surface area contributed by atoms with E-state index < -0.39 is 0 Å². The number of hydrogen-bond donors (Lipinski definition) is 1. The first-order chi connectivity index (χ1) is 12.7. The quantitative estimate of drug-likeness (QED) is 0.755. The van der Waals surface area contributed by atoms with Crippen molar-refractivity contribution in [3.63, 3.8) is 0 Å². The normalized spacial score (nSPS) is 17.5. The van der Waals surface area contributed by atoms with Gasteiger partial charge in [-0.1, -0.05) is 23.7 Å². The molecule has 0 aliphatic carbocycles. The number of halogens is 1. The second-order valence-corrected chi connectivity index (χ2v) is 6.97. The highest BCUT2D eigenvalue weighted by molar-refractivity contribution is 6.30. The fourth-order valence-electron chi connectivity index (χ4n) is 3.40. The second-order valence-electron chi connectivity index (χ2n) is 6.53. The zero-order valence-corrected chi connectivity index (χ0v) is 15.0. The molecular weight excluding hydrogens is 348 g/mol. The van der Waals surface area contributed by atoms with E-state index in [4.69, 9.17) is 11.6 Å². The molecule has 1 amide bonds. The number of rotatable bonds is 4. The molecule has 1 N–H and O–H groups in total. The Morgan fingerprint density at radius 2 is 1.92 bits per heavy atom. The summed E-state index contributed by atoms with van der Waals surface area (Å²) in [6.45, 7) is 0.716. The average Bonchev–Trinajstić information content (AvgIpc) is 3.16. The highest BCUT2D eigenvalue weighted by atomic mass is 35.5. The van der Waals surface area contributed by atoms with Gasteiger partial charge in [0.1, 0.15) is 5.82 Å². The molecule has 5 nitrogen and oxygen atoms in total. The maximum Gasteiger partial charge on any atom is 0.231 e. The number of anilines is 1. The SMILES string of the molecule is O=C1[C@H](Cc2ccc(Cl)cc2)CCCN1c1cc(-c2ccncc2)n[nH]1. The van der Waals surface area contributed by atoms with Gasteiger partial charge >= 0.3 is 0 Å². The van der Waals surface area contributed by atoms with Gasteiger partial charge in [-0.15, -0.1) is 0 Å². The first-order valence-electron chi connectivity index (χ1n) is 8.72. The molecule has 1 atom stereocenters. The maximum atomic E-state index is 13.0. The Hall–Kier alpha value is -2.66. The third-order valence-corrected chi connectivity index (χ3v) is 5.03. The van der Waals surface area contributed by atoms with Crippen molar-refractivity contribution >= 4 is 23.3 Å². The zero-order chi connectivity index (χ0) is 17.9. The predicted octanol–water partition coefficient (Wildman–Crippen LogP) is 4.11. The molecule has 1 saturated heterocycles. The van der Waals surface area contributed by atoms with Crippen LogP contribution in [0.25, 0.3) is 11.3 Å². The fraction of sp³-hybridized carbons (Fsp3) is 0.250. The van der Waals surface area contributed by atoms with Gasteiger partial charge in [-0.3, -0.25) is 19.8 Å². The number of benzene rings is 1. The van der Waals surface area contributed by atoms with Crippen molar-refractivity contribution in [1.82, 2.24) is 15.2 Å². The van der Waals surface area contributed by atoms with Gasteiger partial charge in [0.25, 0.3) is 0 Å². The van der Waals surface area contributed by atoms with Crippen LogP contribution in [-0.4, -0.2) is 27.6 Å². The van der Waals surface area contributed by atoms with Gasteiger partial charge < -0.3 is 0 Å². The molecule has 0 bridgehead atoms. The van der Waals surface area contributed by atoms with Crippen LogP contribution in [0.3, 0.4) is 0 Å². The zero-order valence-electron chi connectivity index (χ0n) is 14.2. The lowest BCUT2D eigenvalue weighted by molar-refractivity contribution is -0.123. The molecule has 2 aromatic heterocycles. The van der Waals surface area contributed by atoms with Crippen LogP contribution in [0.5, 0.6) is 0 Å². The van der Waals surface area contributed by atoms with E-state index in [9.17, 15) is 4.79 Å². The predicted molar refractivity (Wildman–Crippen MR) is 102 cm³/mol. The number of carbonyl (C=O) groups excluding carboxylic acids is 1. The molecular formula is C20H19ClN4O. The van der Waals surface area contributed by atoms with Gasteiger partial charge in [-0.05, 0) is 49.1 Å². The van der Waals surface area contributed by atoms with Crippen molar-refractivity contribution in [3.05, 3.63) is 65.4 Å². The van der Waals surface area contributed by atoms with E-state index >= 15 is 0 Å². The Bertz CT molecular complexity index is 892. The molecule has 3 heterocycles. The monoisotopic (exact) mass is 366 g/mol. The van der Waals surface area contributed by atoms with E-state index in [0.29, 0.717) is 11.6 Å². The lowest BCUT2D eigenvalue weighted by Crippen LogP contribution is -2.42. The van der Waals surface area contributed by atoms with Crippen molar-refractivity contribution in [1.29, 1.82) is 0 Å². The summed E-state index contributed by atoms with van der Waals surface area (Å²) in [5, 5.41) is 8.08. The Morgan fingerprint density at radius 3 is 2.69 bits per heavy atom. The smallest absolute Gasteiger partial charge is 0.231 e. The summed E-state index contributed by atoms with van der Waals surface area (Å²) >= 11 is 5.95. The molecule has 6 heteroatoms. The van der Waals surface area contributed by atoms with Crippen molar-refractivity contribution in [2.24, 2.45) is 5.92 Å². The molecule has 0 unspecified atom stereocenters. The van der Waals surface area contributed by atoms with Crippen molar-refractivity contribution < 1.29 is 4.79 Å². The molecule has 1 aliphatic rings. The molecule has 132 valence electrons. The first-order valence-corrected chi connectivity index (χ1v) is 9.10. The summed E-state index contributed by atoms with van der Waals surface area (Å²) in [5.41, 5.74) is 2.93. The minimum Gasteiger partial charge on any atom is -0.297 e. The summed E-state index contributed by atoms with van der Waals surface area (Å²) in [5.74, 6) is 0.886. The second kappa shape index (κ2) is 7.30. The van der Waals surface area contributed by atoms with Crippen molar-refractivity contribution in [3.8, 4) is 11.3 Å². The minimum atomic E-state index is -0.0161. The van der Waals surface area contributed by atoms with Gasteiger partial charge in [0, 0.05) is 41.5 Å². The van der Waals surface area contributed by atoms with Crippen LogP contribution in [0.4, 0.5) is 5.82 Å². The van der Waals surface area contributed by atoms with Crippen molar-refractivity contribution in [2.45, 2.75) is 19.3 Å². The van der Waals surface area contributed by atoms with Crippen LogP contribution in [0, 0.1) is 5.92 Å². The third kappa shape index (κ3) is 3.48. The van der Waals surface area contributed by atoms with Gasteiger partial charge in [-0.2, -0.15) is 5.10 Å². The minimum absolute atomic E-state index is 0.0161. The van der Waals surface area contributed by atoms with Gasteiger partial charge in [0.05, 0.1) is 5.69 Å². The molecule has 0 spiro atoms. The van der Waals surface area contributed by atoms with Gasteiger partial charge in [-0.25, -0.2) is 0 Å². The first kappa shape index (κ1) is 16.8. The molecule has 0 saturated carbocycles. The molecule has 4 rings (SSSR count). The molecule has 1 aromatic carbocycles. The number of aromatic amines is 1. The Balaban J connectivity index is 1.51. The maximum absolute atomic E-state index is 13.0. The molecule has 3 aromatic rings. The number of nitrogens with zero attached hydrogens (tertiary/aromatic N) is 3. The standard InChI is InChI=1S/C20H19ClN4O/c21-17-5-3-14(4-6-17)12-16-2-1-11-25(20(16)26)19-13-18(23-24-19)15-7-9-22-10-8-15/h3-10,13,16H,1-2,11-12H2,(H,23,24)/t16-/m0/s1. The van der Waals surface area contributed by atoms with Crippen LogP contribution in [-0.2, 0) is 11.2 Å². The summed E-state index contributed by atoms with van der Waals surface area (Å²) in [7, 11) is 0. The largest absolute Gasteiger partial charge is 0.297 e. The Morgan fingerprint density at radius 1 is 1.15 bits per heavy atom. The average molecular weight is 367 g/mol. The molecule has 0 radical (unpaired) electrons. The van der Waals surface area contributed by atoms with Crippen molar-refractivity contribution in [2.75, 3.05) is 11.4 Å². The number of carbonyl (C=O) groups is 1. The summed E-state index contributed by atoms with van der Waals surface area (Å²) in [6, 6.07) is 13.5. The topological polar surface area (TPSA) is 61.9 Å². The summed E-state index contributed by atoms with van der Waals surface area (Å²) in [6.07, 6.45) is 6.09. The number of piperidine rings is 1. The van der Waals surface area contributed by atoms with E-state index in [1.807, 2.05) is 47.4 Å². The van der Waals surface area contributed by atoms with E-state index in [2.05, 4.69) is 15.2 Å². The Kier molecular flexibility index (Phi) is 4.71. The van der Waals surface area contributed by atoms with E-state index in [1.54, 1.807) is 12.4 Å². The van der Waals surface area contributed by atoms with E-state index in [0.717, 1.165) is 41.9 Å². The number of hydrogen-bond acceptors (Lipinski definition) is 3. The Labute approximate surface area is 157 Å². The van der Waals surface area contributed by atoms with Crippen LogP contribution in [0.2, 0.25) is 5.02 Å². The van der Waals surface area contributed by atoms with E-state index in [1.165, 1.54) is 0 Å². The summed E-state index contributed by atoms with van der Waals surface area (Å²) < 4.78 is 0. The lowest BCUT2D eigenvalue weighted by Gasteiger charge is -2.31. The number of nitrogens with one attached hydrogen (secondary N) is 1. The molecule has 1 fully saturated rings. The third-order valence-electron chi connectivity index (χ3n) is 4.78. The van der Waals surface area contributed by atoms with E-state index in [-0.39, 0.29) is 11.8 Å². The van der Waals surface area contributed by atoms with Crippen LogP contribution in [0.1, 0.15) is 18.4 Å². The fourth-order valence-corrected chi connectivity index (χ4v) is 3.53. The van der Waals surface area contributed by atoms with Crippen LogP contribution in [0.15, 0.2) is 54.9 Å². The highest BCUT2D eigenvalue weighted by Gasteiger charge is 2.30. The van der Waals surface area contributed by atoms with Gasteiger partial charge in [0.2, 0.25) is 5.91 Å². The highest BCUT2D eigenvalue weighted by Crippen LogP contribution is 2.28. The number of H-pyrrole nitrogens is 1. The molecule has 1 aliphatic heterocycles. The van der Waals surface area contributed by atoms with Crippen LogP contribution < -0.4 is 4.90 Å².